The van der Waals surface area contributed by atoms with Gasteiger partial charge < -0.3 is 10.1 Å². The highest BCUT2D eigenvalue weighted by Gasteiger charge is 2.24. The number of aromatic nitrogens is 2. The van der Waals surface area contributed by atoms with Gasteiger partial charge in [0, 0.05) is 6.04 Å². The molecule has 26 heavy (non-hydrogen) atoms. The molecule has 1 N–H and O–H groups in total. The second-order valence-electron chi connectivity index (χ2n) is 6.39. The van der Waals surface area contributed by atoms with Crippen molar-refractivity contribution in [1.82, 2.24) is 15.5 Å². The highest BCUT2D eigenvalue weighted by Crippen LogP contribution is 2.25. The Kier molecular flexibility index (Phi) is 5.69. The number of hydrogen-bond acceptors (Lipinski definition) is 5. The van der Waals surface area contributed by atoms with Gasteiger partial charge >= 0.3 is 0 Å². The minimum absolute atomic E-state index is 0.0996. The Morgan fingerprint density at radius 2 is 2.00 bits per heavy atom. The summed E-state index contributed by atoms with van der Waals surface area (Å²) in [5.74, 6) is 0.548. The molecule has 1 amide bonds. The lowest BCUT2D eigenvalue weighted by molar-refractivity contribution is 0.0888. The molecule has 1 aliphatic carbocycles. The van der Waals surface area contributed by atoms with E-state index in [1.807, 2.05) is 19.1 Å². The molecule has 7 heteroatoms. The molecule has 2 aromatic rings. The second-order valence-corrected chi connectivity index (χ2v) is 6.78. The summed E-state index contributed by atoms with van der Waals surface area (Å²) < 4.78 is 6.03. The van der Waals surface area contributed by atoms with Crippen molar-refractivity contribution in [3.8, 4) is 11.8 Å². The van der Waals surface area contributed by atoms with Crippen LogP contribution in [0.5, 0.6) is 5.75 Å². The van der Waals surface area contributed by atoms with Gasteiger partial charge in [0.15, 0.2) is 10.8 Å². The van der Waals surface area contributed by atoms with Crippen LogP contribution in [0.2, 0.25) is 5.15 Å². The van der Waals surface area contributed by atoms with Crippen LogP contribution in [0.25, 0.3) is 0 Å². The molecule has 0 bridgehead atoms. The number of halogens is 1. The van der Waals surface area contributed by atoms with Crippen molar-refractivity contribution in [3.05, 3.63) is 52.3 Å². The van der Waals surface area contributed by atoms with Gasteiger partial charge in [0.1, 0.15) is 5.75 Å². The van der Waals surface area contributed by atoms with Gasteiger partial charge in [-0.3, -0.25) is 4.79 Å². The van der Waals surface area contributed by atoms with Crippen LogP contribution in [0.15, 0.2) is 30.3 Å². The van der Waals surface area contributed by atoms with Crippen LogP contribution in [0.3, 0.4) is 0 Å². The average molecular weight is 371 g/mol. The van der Waals surface area contributed by atoms with Crippen LogP contribution in [-0.4, -0.2) is 28.3 Å². The fourth-order valence-corrected chi connectivity index (χ4v) is 3.15. The summed E-state index contributed by atoms with van der Waals surface area (Å²) in [6, 6.07) is 10.9. The molecule has 1 aliphatic rings. The monoisotopic (exact) mass is 370 g/mol. The Balaban J connectivity index is 1.49. The van der Waals surface area contributed by atoms with E-state index < -0.39 is 0 Å². The Morgan fingerprint density at radius 3 is 2.62 bits per heavy atom. The third-order valence-electron chi connectivity index (χ3n) is 4.50. The maximum atomic E-state index is 12.2. The number of nitriles is 1. The molecule has 1 aromatic heterocycles. The first-order valence-corrected chi connectivity index (χ1v) is 8.90. The van der Waals surface area contributed by atoms with E-state index in [1.54, 1.807) is 18.2 Å². The molecule has 1 heterocycles. The lowest BCUT2D eigenvalue weighted by atomic mass is 9.92. The zero-order valence-electron chi connectivity index (χ0n) is 14.4. The maximum Gasteiger partial charge on any atom is 0.272 e. The van der Waals surface area contributed by atoms with E-state index in [-0.39, 0.29) is 28.9 Å². The summed E-state index contributed by atoms with van der Waals surface area (Å²) in [5.41, 5.74) is 1.84. The lowest BCUT2D eigenvalue weighted by Gasteiger charge is -2.29. The number of nitrogens with one attached hydrogen (secondary N) is 1. The van der Waals surface area contributed by atoms with E-state index in [9.17, 15) is 4.79 Å². The number of aryl methyl sites for hydroxylation is 1. The van der Waals surface area contributed by atoms with E-state index >= 15 is 0 Å². The molecule has 0 radical (unpaired) electrons. The van der Waals surface area contributed by atoms with Gasteiger partial charge in [-0.1, -0.05) is 11.6 Å². The van der Waals surface area contributed by atoms with Gasteiger partial charge in [-0.15, -0.1) is 10.2 Å². The van der Waals surface area contributed by atoms with Crippen molar-refractivity contribution < 1.29 is 9.53 Å². The summed E-state index contributed by atoms with van der Waals surface area (Å²) in [6.07, 6.45) is 3.51. The molecule has 1 aromatic carbocycles. The number of nitrogens with zero attached hydrogens (tertiary/aromatic N) is 3. The number of carbonyl (C=O) groups is 1. The molecule has 6 nitrogen and oxygen atoms in total. The Bertz CT molecular complexity index is 824. The van der Waals surface area contributed by atoms with Gasteiger partial charge in [0.2, 0.25) is 0 Å². The lowest BCUT2D eigenvalue weighted by Crippen LogP contribution is -2.40. The predicted molar refractivity (Wildman–Crippen MR) is 97.1 cm³/mol. The molecule has 0 aliphatic heterocycles. The number of rotatable bonds is 4. The first-order valence-electron chi connectivity index (χ1n) is 8.52. The summed E-state index contributed by atoms with van der Waals surface area (Å²) in [6.45, 7) is 1.90. The fourth-order valence-electron chi connectivity index (χ4n) is 3.05. The van der Waals surface area contributed by atoms with Crippen LogP contribution in [0.4, 0.5) is 0 Å². The Hall–Kier alpha value is -2.65. The van der Waals surface area contributed by atoms with Gasteiger partial charge in [-0.05, 0) is 68.5 Å². The molecular weight excluding hydrogens is 352 g/mol. The number of carbonyl (C=O) groups excluding carboxylic acids is 1. The standard InChI is InChI=1S/C19H19ClN4O2/c1-12-10-16(5-2-13(12)11-21)26-15-6-3-14(4-7-15)22-19(25)17-8-9-18(20)24-23-17/h2,5,8-10,14-15H,3-4,6-7H2,1H3,(H,22,25)/t14-,15-. The van der Waals surface area contributed by atoms with Crippen molar-refractivity contribution in [2.75, 3.05) is 0 Å². The highest BCUT2D eigenvalue weighted by atomic mass is 35.5. The van der Waals surface area contributed by atoms with E-state index in [0.29, 0.717) is 5.56 Å². The zero-order valence-corrected chi connectivity index (χ0v) is 15.2. The molecular formula is C19H19ClN4O2. The largest absolute Gasteiger partial charge is 0.490 e. The average Bonchev–Trinajstić information content (AvgIpc) is 2.64. The minimum Gasteiger partial charge on any atom is -0.490 e. The minimum atomic E-state index is -0.235. The quantitative estimate of drug-likeness (QED) is 0.890. The van der Waals surface area contributed by atoms with Gasteiger partial charge in [-0.2, -0.15) is 5.26 Å². The number of benzene rings is 1. The van der Waals surface area contributed by atoms with Crippen LogP contribution in [0, 0.1) is 18.3 Å². The zero-order chi connectivity index (χ0) is 18.5. The van der Waals surface area contributed by atoms with Gasteiger partial charge in [0.25, 0.3) is 5.91 Å². The van der Waals surface area contributed by atoms with E-state index in [4.69, 9.17) is 21.6 Å². The van der Waals surface area contributed by atoms with Crippen LogP contribution < -0.4 is 10.1 Å². The van der Waals surface area contributed by atoms with Crippen molar-refractivity contribution in [2.24, 2.45) is 0 Å². The Labute approximate surface area is 157 Å². The summed E-state index contributed by atoms with van der Waals surface area (Å²) >= 11 is 5.68. The van der Waals surface area contributed by atoms with E-state index in [2.05, 4.69) is 21.6 Å². The van der Waals surface area contributed by atoms with Crippen molar-refractivity contribution in [3.63, 3.8) is 0 Å². The number of hydrogen-bond donors (Lipinski definition) is 1. The topological polar surface area (TPSA) is 87.9 Å². The molecule has 0 saturated heterocycles. The van der Waals surface area contributed by atoms with E-state index in [1.165, 1.54) is 0 Å². The number of ether oxygens (including phenoxy) is 1. The van der Waals surface area contributed by atoms with Crippen LogP contribution in [-0.2, 0) is 0 Å². The van der Waals surface area contributed by atoms with Crippen LogP contribution >= 0.6 is 11.6 Å². The molecule has 1 fully saturated rings. The second kappa shape index (κ2) is 8.15. The van der Waals surface area contributed by atoms with Gasteiger partial charge in [0.05, 0.1) is 17.7 Å². The molecule has 0 spiro atoms. The molecule has 134 valence electrons. The molecule has 3 rings (SSSR count). The van der Waals surface area contributed by atoms with Crippen molar-refractivity contribution in [2.45, 2.75) is 44.8 Å². The maximum absolute atomic E-state index is 12.2. The highest BCUT2D eigenvalue weighted by molar-refractivity contribution is 6.29. The normalized spacial score (nSPS) is 19.4. The van der Waals surface area contributed by atoms with E-state index in [0.717, 1.165) is 37.0 Å². The summed E-state index contributed by atoms with van der Waals surface area (Å²) in [4.78, 5) is 12.2. The predicted octanol–water partition coefficient (Wildman–Crippen LogP) is 3.43. The first kappa shape index (κ1) is 18.2. The third-order valence-corrected chi connectivity index (χ3v) is 4.70. The molecule has 0 atom stereocenters. The first-order chi connectivity index (χ1) is 12.5. The van der Waals surface area contributed by atoms with Gasteiger partial charge in [-0.25, -0.2) is 0 Å². The fraction of sp³-hybridized carbons (Fsp3) is 0.368. The SMILES string of the molecule is Cc1cc(O[C@H]2CC[C@H](NC(=O)c3ccc(Cl)nn3)CC2)ccc1C#N. The number of amides is 1. The summed E-state index contributed by atoms with van der Waals surface area (Å²) in [5, 5.41) is 19.7. The molecule has 1 saturated carbocycles. The molecule has 0 unspecified atom stereocenters. The van der Waals surface area contributed by atoms with Crippen molar-refractivity contribution >= 4 is 17.5 Å². The third kappa shape index (κ3) is 4.50. The van der Waals surface area contributed by atoms with Crippen LogP contribution in [0.1, 0.15) is 47.3 Å². The smallest absolute Gasteiger partial charge is 0.272 e. The van der Waals surface area contributed by atoms with Crippen molar-refractivity contribution in [1.29, 1.82) is 5.26 Å². The summed E-state index contributed by atoms with van der Waals surface area (Å²) in [7, 11) is 0. The Morgan fingerprint density at radius 1 is 1.23 bits per heavy atom.